The molecule has 13 heavy (non-hydrogen) atoms. The monoisotopic (exact) mass is 182 g/mol. The van der Waals surface area contributed by atoms with Crippen molar-refractivity contribution in [3.8, 4) is 0 Å². The summed E-state index contributed by atoms with van der Waals surface area (Å²) in [6.07, 6.45) is 2.84. The van der Waals surface area contributed by atoms with Crippen LogP contribution >= 0.6 is 0 Å². The van der Waals surface area contributed by atoms with Crippen molar-refractivity contribution in [3.63, 3.8) is 0 Å². The zero-order chi connectivity index (χ0) is 9.26. The predicted molar refractivity (Wildman–Crippen MR) is 55.9 cm³/mol. The number of hydrogen-bond donors (Lipinski definition) is 0. The maximum Gasteiger partial charge on any atom is 0.0350 e. The van der Waals surface area contributed by atoms with Crippen LogP contribution in [0.15, 0.2) is 0 Å². The molecule has 0 spiro atoms. The van der Waals surface area contributed by atoms with Crippen molar-refractivity contribution in [2.24, 2.45) is 5.92 Å². The van der Waals surface area contributed by atoms with Crippen molar-refractivity contribution in [1.29, 1.82) is 0 Å². The maximum absolute atomic E-state index is 2.70. The second-order valence-electron chi connectivity index (χ2n) is 4.72. The van der Waals surface area contributed by atoms with E-state index in [2.05, 4.69) is 23.6 Å². The van der Waals surface area contributed by atoms with Crippen LogP contribution in [0.4, 0.5) is 0 Å². The van der Waals surface area contributed by atoms with Gasteiger partial charge >= 0.3 is 0 Å². The topological polar surface area (TPSA) is 6.48 Å². The van der Waals surface area contributed by atoms with Crippen LogP contribution in [0, 0.1) is 5.92 Å². The zero-order valence-corrected chi connectivity index (χ0v) is 9.00. The Balaban J connectivity index is 1.71. The summed E-state index contributed by atoms with van der Waals surface area (Å²) in [6.45, 7) is 11.2. The van der Waals surface area contributed by atoms with Gasteiger partial charge < -0.3 is 4.90 Å². The van der Waals surface area contributed by atoms with Crippen LogP contribution < -0.4 is 0 Å². The minimum atomic E-state index is 0.896. The van der Waals surface area contributed by atoms with Gasteiger partial charge in [0.25, 0.3) is 0 Å². The van der Waals surface area contributed by atoms with Gasteiger partial charge in [-0.2, -0.15) is 0 Å². The van der Waals surface area contributed by atoms with E-state index in [1.807, 2.05) is 0 Å². The van der Waals surface area contributed by atoms with Crippen LogP contribution in [0.5, 0.6) is 0 Å². The lowest BCUT2D eigenvalue weighted by atomic mass is 9.96. The molecule has 0 N–H and O–H groups in total. The molecule has 0 aliphatic carbocycles. The second-order valence-corrected chi connectivity index (χ2v) is 4.72. The Morgan fingerprint density at radius 1 is 1.15 bits per heavy atom. The molecule has 2 fully saturated rings. The van der Waals surface area contributed by atoms with Crippen LogP contribution in [0.2, 0.25) is 0 Å². The molecular weight excluding hydrogens is 160 g/mol. The van der Waals surface area contributed by atoms with Crippen LogP contribution in [-0.2, 0) is 0 Å². The quantitative estimate of drug-likeness (QED) is 0.637. The summed E-state index contributed by atoms with van der Waals surface area (Å²) in [5, 5.41) is 0. The van der Waals surface area contributed by atoms with Crippen LogP contribution in [0.1, 0.15) is 26.7 Å². The summed E-state index contributed by atoms with van der Waals surface area (Å²) in [5.74, 6) is 0.971. The average Bonchev–Trinajstić information content (AvgIpc) is 2.06. The molecule has 0 bridgehead atoms. The molecular formula is C11H22N2. The molecule has 0 aromatic rings. The van der Waals surface area contributed by atoms with E-state index in [1.165, 1.54) is 45.6 Å². The molecule has 2 heterocycles. The number of hydrogen-bond acceptors (Lipinski definition) is 2. The normalized spacial score (nSPS) is 29.1. The largest absolute Gasteiger partial charge is 0.300 e. The summed E-state index contributed by atoms with van der Waals surface area (Å²) in [4.78, 5) is 5.23. The lowest BCUT2D eigenvalue weighted by Gasteiger charge is -2.47. The van der Waals surface area contributed by atoms with E-state index in [9.17, 15) is 0 Å². The van der Waals surface area contributed by atoms with Gasteiger partial charge in [0.05, 0.1) is 0 Å². The fourth-order valence-electron chi connectivity index (χ4n) is 2.43. The molecule has 2 nitrogen and oxygen atoms in total. The van der Waals surface area contributed by atoms with Crippen LogP contribution in [0.25, 0.3) is 0 Å². The molecule has 2 saturated heterocycles. The highest BCUT2D eigenvalue weighted by atomic mass is 15.3. The minimum absolute atomic E-state index is 0.896. The van der Waals surface area contributed by atoms with Gasteiger partial charge in [0.1, 0.15) is 0 Å². The Morgan fingerprint density at radius 3 is 2.31 bits per heavy atom. The third-order valence-corrected chi connectivity index (χ3v) is 3.72. The Bertz CT molecular complexity index is 155. The molecule has 2 heteroatoms. The van der Waals surface area contributed by atoms with Crippen molar-refractivity contribution in [2.75, 3.05) is 32.7 Å². The molecule has 0 aromatic heterocycles. The summed E-state index contributed by atoms with van der Waals surface area (Å²) in [6, 6.07) is 0.896. The fraction of sp³-hybridized carbons (Fsp3) is 1.00. The first-order valence-electron chi connectivity index (χ1n) is 5.76. The van der Waals surface area contributed by atoms with Gasteiger partial charge in [-0.05, 0) is 38.4 Å². The van der Waals surface area contributed by atoms with E-state index < -0.39 is 0 Å². The molecule has 2 rings (SSSR count). The first-order chi connectivity index (χ1) is 6.29. The van der Waals surface area contributed by atoms with E-state index in [4.69, 9.17) is 0 Å². The highest BCUT2D eigenvalue weighted by Crippen LogP contribution is 2.22. The second kappa shape index (κ2) is 3.97. The summed E-state index contributed by atoms with van der Waals surface area (Å²) in [7, 11) is 0. The first kappa shape index (κ1) is 9.47. The van der Waals surface area contributed by atoms with E-state index in [0.717, 1.165) is 12.0 Å². The highest BCUT2D eigenvalue weighted by Gasteiger charge is 2.31. The number of rotatable bonds is 2. The molecule has 0 amide bonds. The molecule has 0 radical (unpaired) electrons. The number of piperidine rings is 1. The average molecular weight is 182 g/mol. The van der Waals surface area contributed by atoms with Gasteiger partial charge in [-0.3, -0.25) is 4.90 Å². The molecule has 0 saturated carbocycles. The molecule has 0 unspecified atom stereocenters. The predicted octanol–water partition coefficient (Wildman–Crippen LogP) is 1.42. The first-order valence-corrected chi connectivity index (χ1v) is 5.76. The fourth-order valence-corrected chi connectivity index (χ4v) is 2.43. The van der Waals surface area contributed by atoms with E-state index in [-0.39, 0.29) is 0 Å². The van der Waals surface area contributed by atoms with Crippen molar-refractivity contribution >= 4 is 0 Å². The Labute approximate surface area is 81.9 Å². The van der Waals surface area contributed by atoms with E-state index in [1.54, 1.807) is 0 Å². The number of likely N-dealkylation sites (N-methyl/N-ethyl adjacent to an activating group) is 1. The van der Waals surface area contributed by atoms with Gasteiger partial charge in [0.15, 0.2) is 0 Å². The SMILES string of the molecule is CCN1CC(N2CCC(C)CC2)C1. The molecule has 2 aliphatic rings. The highest BCUT2D eigenvalue weighted by molar-refractivity contribution is 4.88. The molecule has 0 aromatic carbocycles. The Morgan fingerprint density at radius 2 is 1.77 bits per heavy atom. The minimum Gasteiger partial charge on any atom is -0.300 e. The zero-order valence-electron chi connectivity index (χ0n) is 9.00. The molecule has 2 aliphatic heterocycles. The summed E-state index contributed by atoms with van der Waals surface area (Å²) < 4.78 is 0. The van der Waals surface area contributed by atoms with Crippen molar-refractivity contribution < 1.29 is 0 Å². The van der Waals surface area contributed by atoms with Gasteiger partial charge in [-0.1, -0.05) is 13.8 Å². The van der Waals surface area contributed by atoms with Crippen molar-refractivity contribution in [3.05, 3.63) is 0 Å². The molecule has 0 atom stereocenters. The third-order valence-electron chi connectivity index (χ3n) is 3.72. The number of likely N-dealkylation sites (tertiary alicyclic amines) is 2. The number of nitrogens with zero attached hydrogens (tertiary/aromatic N) is 2. The Kier molecular flexibility index (Phi) is 2.89. The maximum atomic E-state index is 2.70. The Hall–Kier alpha value is -0.0800. The lowest BCUT2D eigenvalue weighted by Crippen LogP contribution is -2.60. The van der Waals surface area contributed by atoms with E-state index in [0.29, 0.717) is 0 Å². The van der Waals surface area contributed by atoms with E-state index >= 15 is 0 Å². The lowest BCUT2D eigenvalue weighted by molar-refractivity contribution is 0.0192. The summed E-state index contributed by atoms with van der Waals surface area (Å²) in [5.41, 5.74) is 0. The van der Waals surface area contributed by atoms with Crippen LogP contribution in [0.3, 0.4) is 0 Å². The smallest absolute Gasteiger partial charge is 0.0350 e. The third kappa shape index (κ3) is 2.05. The van der Waals surface area contributed by atoms with Gasteiger partial charge in [0, 0.05) is 19.1 Å². The van der Waals surface area contributed by atoms with Gasteiger partial charge in [-0.15, -0.1) is 0 Å². The van der Waals surface area contributed by atoms with Crippen molar-refractivity contribution in [1.82, 2.24) is 9.80 Å². The standard InChI is InChI=1S/C11H22N2/c1-3-12-8-11(9-12)13-6-4-10(2)5-7-13/h10-11H,3-9H2,1-2H3. The van der Waals surface area contributed by atoms with Gasteiger partial charge in [-0.25, -0.2) is 0 Å². The van der Waals surface area contributed by atoms with Crippen LogP contribution in [-0.4, -0.2) is 48.6 Å². The summed E-state index contributed by atoms with van der Waals surface area (Å²) >= 11 is 0. The molecule has 76 valence electrons. The van der Waals surface area contributed by atoms with Crippen molar-refractivity contribution in [2.45, 2.75) is 32.7 Å². The van der Waals surface area contributed by atoms with Gasteiger partial charge in [0.2, 0.25) is 0 Å².